The van der Waals surface area contributed by atoms with E-state index in [2.05, 4.69) is 10.4 Å². The summed E-state index contributed by atoms with van der Waals surface area (Å²) >= 11 is 0. The van der Waals surface area contributed by atoms with Gasteiger partial charge in [-0.15, -0.1) is 0 Å². The summed E-state index contributed by atoms with van der Waals surface area (Å²) in [5.41, 5.74) is 2.68. The van der Waals surface area contributed by atoms with E-state index in [0.29, 0.717) is 22.9 Å². The first-order valence-corrected chi connectivity index (χ1v) is 12.4. The van der Waals surface area contributed by atoms with Crippen LogP contribution in [0.4, 0.5) is 0 Å². The van der Waals surface area contributed by atoms with Gasteiger partial charge < -0.3 is 5.32 Å². The molecule has 0 aliphatic rings. The minimum atomic E-state index is -3.41. The largest absolute Gasteiger partial charge is 0.318 e. The average Bonchev–Trinajstić information content (AvgIpc) is 2.89. The molecule has 2 N–H and O–H groups in total. The molecule has 33 heavy (non-hydrogen) atoms. The van der Waals surface area contributed by atoms with Crippen molar-refractivity contribution < 1.29 is 9.36 Å². The average molecular weight is 452 g/mol. The number of hydrogen-bond donors (Lipinski definition) is 2. The second-order valence-electron chi connectivity index (χ2n) is 7.53. The molecule has 1 atom stereocenters. The second kappa shape index (κ2) is 10.7. The lowest BCUT2D eigenvalue weighted by molar-refractivity contribution is 0.0968. The molecule has 0 aromatic heterocycles. The molecular weight excluding hydrogens is 427 g/mol. The van der Waals surface area contributed by atoms with Crippen molar-refractivity contribution in [1.82, 2.24) is 10.4 Å². The van der Waals surface area contributed by atoms with Crippen molar-refractivity contribution in [2.75, 3.05) is 0 Å². The standard InChI is InChI=1S/C28H25N2O2P/c31-28(25-17-9-3-10-18-25)30-27(21-23-13-5-1-6-14-23)33(32,26-19-11-4-12-20-26)29-22-24-15-7-2-8-16-24/h1-21H,22H2,(H,29,32)(H,30,31). The topological polar surface area (TPSA) is 58.2 Å². The smallest absolute Gasteiger partial charge is 0.255 e. The zero-order chi connectivity index (χ0) is 22.9. The molecule has 1 amide bonds. The highest BCUT2D eigenvalue weighted by Gasteiger charge is 2.31. The van der Waals surface area contributed by atoms with E-state index >= 15 is 0 Å². The van der Waals surface area contributed by atoms with Crippen LogP contribution in [0.1, 0.15) is 21.5 Å². The normalized spacial score (nSPS) is 13.2. The molecule has 0 saturated carbocycles. The first-order chi connectivity index (χ1) is 16.1. The van der Waals surface area contributed by atoms with E-state index in [9.17, 15) is 9.36 Å². The molecule has 4 rings (SSSR count). The zero-order valence-corrected chi connectivity index (χ0v) is 19.0. The molecule has 164 valence electrons. The van der Waals surface area contributed by atoms with Crippen LogP contribution < -0.4 is 15.7 Å². The van der Waals surface area contributed by atoms with Gasteiger partial charge in [-0.2, -0.15) is 0 Å². The van der Waals surface area contributed by atoms with Crippen LogP contribution in [0.3, 0.4) is 0 Å². The Labute approximate surface area is 194 Å². The van der Waals surface area contributed by atoms with Crippen molar-refractivity contribution >= 4 is 24.6 Å². The predicted octanol–water partition coefficient (Wildman–Crippen LogP) is 5.81. The van der Waals surface area contributed by atoms with Crippen LogP contribution in [-0.4, -0.2) is 5.91 Å². The van der Waals surface area contributed by atoms with Crippen molar-refractivity contribution in [3.8, 4) is 0 Å². The van der Waals surface area contributed by atoms with E-state index in [0.717, 1.165) is 11.1 Å². The van der Waals surface area contributed by atoms with Gasteiger partial charge >= 0.3 is 0 Å². The Hall–Kier alpha value is -3.72. The van der Waals surface area contributed by atoms with Crippen LogP contribution in [0.15, 0.2) is 127 Å². The number of carbonyl (C=O) groups excluding carboxylic acids is 1. The Kier molecular flexibility index (Phi) is 7.31. The summed E-state index contributed by atoms with van der Waals surface area (Å²) in [5.74, 6) is -0.310. The van der Waals surface area contributed by atoms with Gasteiger partial charge in [0.05, 0.1) is 5.44 Å². The van der Waals surface area contributed by atoms with Gasteiger partial charge in [0.2, 0.25) is 7.29 Å². The van der Waals surface area contributed by atoms with Crippen LogP contribution >= 0.6 is 7.29 Å². The molecule has 0 radical (unpaired) electrons. The van der Waals surface area contributed by atoms with Crippen LogP contribution in [-0.2, 0) is 11.1 Å². The molecule has 0 saturated heterocycles. The molecule has 0 fully saturated rings. The number of nitrogens with one attached hydrogen (secondary N) is 2. The summed E-state index contributed by atoms with van der Waals surface area (Å²) < 4.78 is 14.7. The highest BCUT2D eigenvalue weighted by molar-refractivity contribution is 7.73. The summed E-state index contributed by atoms with van der Waals surface area (Å²) in [6, 6.07) is 37.5. The number of carbonyl (C=O) groups is 1. The fourth-order valence-corrected chi connectivity index (χ4v) is 5.66. The highest BCUT2D eigenvalue weighted by atomic mass is 31.2. The number of rotatable bonds is 8. The summed E-state index contributed by atoms with van der Waals surface area (Å²) in [5, 5.41) is 6.85. The Morgan fingerprint density at radius 2 is 1.21 bits per heavy atom. The third kappa shape index (κ3) is 5.75. The number of amides is 1. The van der Waals surface area contributed by atoms with Crippen molar-refractivity contribution in [1.29, 1.82) is 0 Å². The van der Waals surface area contributed by atoms with Crippen molar-refractivity contribution in [3.63, 3.8) is 0 Å². The summed E-state index contributed by atoms with van der Waals surface area (Å²) in [7, 11) is -3.41. The minimum Gasteiger partial charge on any atom is -0.318 e. The van der Waals surface area contributed by atoms with Crippen molar-refractivity contribution in [3.05, 3.63) is 143 Å². The fraction of sp³-hybridized carbons (Fsp3) is 0.0357. The third-order valence-electron chi connectivity index (χ3n) is 5.19. The number of benzene rings is 4. The quantitative estimate of drug-likeness (QED) is 0.332. The van der Waals surface area contributed by atoms with E-state index in [-0.39, 0.29) is 5.91 Å². The van der Waals surface area contributed by atoms with Gasteiger partial charge in [-0.1, -0.05) is 97.1 Å². The molecule has 5 heteroatoms. The summed E-state index contributed by atoms with van der Waals surface area (Å²) in [4.78, 5) is 13.1. The number of hydrogen-bond acceptors (Lipinski definition) is 2. The van der Waals surface area contributed by atoms with E-state index in [1.807, 2.05) is 97.1 Å². The Morgan fingerprint density at radius 3 is 1.82 bits per heavy atom. The summed E-state index contributed by atoms with van der Waals surface area (Å²) in [6.45, 7) is 0.389. The lowest BCUT2D eigenvalue weighted by atomic mass is 10.2. The van der Waals surface area contributed by atoms with Crippen LogP contribution in [0.2, 0.25) is 0 Å². The third-order valence-corrected chi connectivity index (χ3v) is 7.74. The molecular formula is C28H25N2O2P. The molecule has 0 spiro atoms. The Bertz CT molecular complexity index is 1260. The predicted molar refractivity (Wildman–Crippen MR) is 135 cm³/mol. The molecule has 4 aromatic carbocycles. The molecule has 0 aliphatic carbocycles. The molecule has 0 heterocycles. The maximum absolute atomic E-state index is 14.7. The van der Waals surface area contributed by atoms with E-state index in [1.54, 1.807) is 30.3 Å². The Morgan fingerprint density at radius 1 is 0.697 bits per heavy atom. The zero-order valence-electron chi connectivity index (χ0n) is 18.1. The Balaban J connectivity index is 1.77. The molecule has 0 aliphatic heterocycles. The molecule has 4 aromatic rings. The molecule has 1 unspecified atom stereocenters. The van der Waals surface area contributed by atoms with Crippen LogP contribution in [0, 0.1) is 0 Å². The van der Waals surface area contributed by atoms with Crippen LogP contribution in [0.25, 0.3) is 6.08 Å². The van der Waals surface area contributed by atoms with E-state index in [1.165, 1.54) is 0 Å². The lowest BCUT2D eigenvalue weighted by Crippen LogP contribution is -2.30. The van der Waals surface area contributed by atoms with E-state index in [4.69, 9.17) is 0 Å². The first-order valence-electron chi connectivity index (χ1n) is 10.7. The second-order valence-corrected chi connectivity index (χ2v) is 10.1. The monoisotopic (exact) mass is 452 g/mol. The maximum Gasteiger partial charge on any atom is 0.255 e. The van der Waals surface area contributed by atoms with Gasteiger partial charge in [-0.25, -0.2) is 0 Å². The van der Waals surface area contributed by atoms with Crippen molar-refractivity contribution in [2.24, 2.45) is 0 Å². The lowest BCUT2D eigenvalue weighted by Gasteiger charge is -2.24. The SMILES string of the molecule is O=C(NC(=Cc1ccccc1)P(=O)(NCc1ccccc1)c1ccccc1)c1ccccc1. The van der Waals surface area contributed by atoms with Gasteiger partial charge in [0, 0.05) is 17.4 Å². The van der Waals surface area contributed by atoms with Gasteiger partial charge in [0.1, 0.15) is 0 Å². The molecule has 0 bridgehead atoms. The fourth-order valence-electron chi connectivity index (χ4n) is 3.44. The van der Waals surface area contributed by atoms with Gasteiger partial charge in [0.15, 0.2) is 0 Å². The van der Waals surface area contributed by atoms with Gasteiger partial charge in [-0.3, -0.25) is 14.4 Å². The maximum atomic E-state index is 14.7. The highest BCUT2D eigenvalue weighted by Crippen LogP contribution is 2.48. The van der Waals surface area contributed by atoms with Gasteiger partial charge in [0.25, 0.3) is 5.91 Å². The van der Waals surface area contributed by atoms with Gasteiger partial charge in [-0.05, 0) is 41.5 Å². The van der Waals surface area contributed by atoms with Crippen LogP contribution in [0.5, 0.6) is 0 Å². The molecule has 4 nitrogen and oxygen atoms in total. The van der Waals surface area contributed by atoms with Crippen molar-refractivity contribution in [2.45, 2.75) is 6.54 Å². The minimum absolute atomic E-state index is 0.310. The van der Waals surface area contributed by atoms with E-state index < -0.39 is 7.29 Å². The first kappa shape index (κ1) is 22.5. The summed E-state index contributed by atoms with van der Waals surface area (Å²) in [6.07, 6.45) is 1.78.